The summed E-state index contributed by atoms with van der Waals surface area (Å²) >= 11 is 1.45. The van der Waals surface area contributed by atoms with Crippen LogP contribution in [0.25, 0.3) is 5.57 Å². The first-order valence-electron chi connectivity index (χ1n) is 7.73. The van der Waals surface area contributed by atoms with Crippen LogP contribution in [0.15, 0.2) is 46.3 Å². The van der Waals surface area contributed by atoms with Gasteiger partial charge in [-0.2, -0.15) is 4.99 Å². The fraction of sp³-hybridized carbons (Fsp3) is 0.333. The first-order chi connectivity index (χ1) is 11.1. The largest absolute Gasteiger partial charge is 0.378 e. The summed E-state index contributed by atoms with van der Waals surface area (Å²) < 4.78 is 5.33. The number of ether oxygens (including phenoxy) is 1. The van der Waals surface area contributed by atoms with Crippen molar-refractivity contribution in [3.63, 3.8) is 0 Å². The Kier molecular flexibility index (Phi) is 4.98. The monoisotopic (exact) mass is 328 g/mol. The molecule has 0 N–H and O–H groups in total. The molecular weight excluding hydrogens is 308 g/mol. The molecule has 0 spiro atoms. The Labute approximate surface area is 140 Å². The summed E-state index contributed by atoms with van der Waals surface area (Å²) in [4.78, 5) is 19.0. The van der Waals surface area contributed by atoms with E-state index in [1.165, 1.54) is 17.3 Å². The van der Waals surface area contributed by atoms with Gasteiger partial charge >= 0.3 is 0 Å². The Morgan fingerprint density at radius 1 is 1.26 bits per heavy atom. The lowest BCUT2D eigenvalue weighted by Gasteiger charge is -2.27. The van der Waals surface area contributed by atoms with Gasteiger partial charge in [-0.25, -0.2) is 0 Å². The van der Waals surface area contributed by atoms with Gasteiger partial charge in [0.1, 0.15) is 0 Å². The second-order valence-electron chi connectivity index (χ2n) is 5.65. The smallest absolute Gasteiger partial charge is 0.286 e. The number of aliphatic imine (C=N–C) groups is 1. The summed E-state index contributed by atoms with van der Waals surface area (Å²) in [6.07, 6.45) is 3.86. The Balaban J connectivity index is 1.70. The van der Waals surface area contributed by atoms with Crippen molar-refractivity contribution in [1.29, 1.82) is 0 Å². The zero-order valence-electron chi connectivity index (χ0n) is 13.4. The van der Waals surface area contributed by atoms with Crippen molar-refractivity contribution in [2.45, 2.75) is 13.8 Å². The molecule has 0 unspecified atom stereocenters. The molecule has 1 amide bonds. The van der Waals surface area contributed by atoms with Crippen LogP contribution >= 0.6 is 11.8 Å². The molecule has 1 fully saturated rings. The van der Waals surface area contributed by atoms with E-state index < -0.39 is 0 Å². The highest BCUT2D eigenvalue weighted by Crippen LogP contribution is 2.29. The number of allylic oxidation sites excluding steroid dienone is 3. The number of amides is 1. The first-order valence-corrected chi connectivity index (χ1v) is 8.54. The van der Waals surface area contributed by atoms with Crippen LogP contribution < -0.4 is 0 Å². The molecule has 2 heterocycles. The Hall–Kier alpha value is -1.85. The van der Waals surface area contributed by atoms with Gasteiger partial charge in [0.2, 0.25) is 0 Å². The number of amidine groups is 1. The third kappa shape index (κ3) is 3.92. The number of carbonyl (C=O) groups is 1. The molecule has 3 rings (SSSR count). The van der Waals surface area contributed by atoms with E-state index in [2.05, 4.69) is 48.0 Å². The van der Waals surface area contributed by atoms with Crippen molar-refractivity contribution in [2.24, 2.45) is 4.99 Å². The second-order valence-corrected chi connectivity index (χ2v) is 6.66. The lowest BCUT2D eigenvalue weighted by Crippen LogP contribution is -2.38. The molecule has 4 nitrogen and oxygen atoms in total. The van der Waals surface area contributed by atoms with E-state index in [9.17, 15) is 4.79 Å². The van der Waals surface area contributed by atoms with Crippen molar-refractivity contribution >= 4 is 28.4 Å². The summed E-state index contributed by atoms with van der Waals surface area (Å²) in [5.41, 5.74) is 3.54. The molecule has 23 heavy (non-hydrogen) atoms. The zero-order valence-corrected chi connectivity index (χ0v) is 14.2. The van der Waals surface area contributed by atoms with Gasteiger partial charge in [0.05, 0.1) is 18.1 Å². The van der Waals surface area contributed by atoms with Crippen LogP contribution in [0.3, 0.4) is 0 Å². The molecular formula is C18H20N2O2S. The van der Waals surface area contributed by atoms with Crippen LogP contribution in [0.2, 0.25) is 0 Å². The molecule has 1 saturated heterocycles. The number of hydrogen-bond acceptors (Lipinski definition) is 4. The Morgan fingerprint density at radius 3 is 2.65 bits per heavy atom. The van der Waals surface area contributed by atoms with Gasteiger partial charge in [-0.1, -0.05) is 35.9 Å². The number of morpholine rings is 1. The minimum atomic E-state index is -0.149. The van der Waals surface area contributed by atoms with Crippen LogP contribution in [0.1, 0.15) is 18.1 Å². The second kappa shape index (κ2) is 7.15. The molecule has 0 aromatic heterocycles. The zero-order chi connectivity index (χ0) is 16.2. The van der Waals surface area contributed by atoms with Gasteiger partial charge in [-0.15, -0.1) is 0 Å². The summed E-state index contributed by atoms with van der Waals surface area (Å²) in [5, 5.41) is 0.797. The third-order valence-corrected chi connectivity index (χ3v) is 4.95. The molecule has 1 aromatic carbocycles. The number of aryl methyl sites for hydroxylation is 1. The lowest BCUT2D eigenvalue weighted by atomic mass is 10.1. The summed E-state index contributed by atoms with van der Waals surface area (Å²) in [6, 6.07) is 8.38. The Bertz CT molecular complexity index is 683. The van der Waals surface area contributed by atoms with Crippen LogP contribution in [0.5, 0.6) is 0 Å². The molecule has 0 saturated carbocycles. The minimum Gasteiger partial charge on any atom is -0.378 e. The van der Waals surface area contributed by atoms with E-state index in [-0.39, 0.29) is 5.91 Å². The highest BCUT2D eigenvalue weighted by atomic mass is 32.2. The maximum Gasteiger partial charge on any atom is 0.286 e. The first kappa shape index (κ1) is 16.0. The third-order valence-electron chi connectivity index (χ3n) is 3.88. The number of carbonyl (C=O) groups excluding carboxylic acids is 1. The van der Waals surface area contributed by atoms with E-state index in [1.54, 1.807) is 0 Å². The SMILES string of the molecule is CC(=CC=C1SC(N2CCOCC2)=NC1=O)c1ccc(C)cc1. The molecule has 0 aliphatic carbocycles. The predicted molar refractivity (Wildman–Crippen MR) is 95.3 cm³/mol. The highest BCUT2D eigenvalue weighted by molar-refractivity contribution is 8.18. The summed E-state index contributed by atoms with van der Waals surface area (Å²) in [6.45, 7) is 7.10. The molecule has 0 bridgehead atoms. The fourth-order valence-corrected chi connectivity index (χ4v) is 3.32. The van der Waals surface area contributed by atoms with E-state index in [0.29, 0.717) is 18.1 Å². The number of hydrogen-bond donors (Lipinski definition) is 0. The van der Waals surface area contributed by atoms with Crippen molar-refractivity contribution in [3.8, 4) is 0 Å². The summed E-state index contributed by atoms with van der Waals surface area (Å²) in [7, 11) is 0. The Morgan fingerprint density at radius 2 is 1.96 bits per heavy atom. The quantitative estimate of drug-likeness (QED) is 0.782. The van der Waals surface area contributed by atoms with Gasteiger partial charge in [0, 0.05) is 13.1 Å². The lowest BCUT2D eigenvalue weighted by molar-refractivity contribution is -0.113. The van der Waals surface area contributed by atoms with Gasteiger partial charge in [-0.3, -0.25) is 4.79 Å². The molecule has 2 aliphatic rings. The molecule has 0 radical (unpaired) electrons. The van der Waals surface area contributed by atoms with Crippen LogP contribution in [0, 0.1) is 6.92 Å². The average Bonchev–Trinajstić information content (AvgIpc) is 2.95. The molecule has 1 aromatic rings. The van der Waals surface area contributed by atoms with Gasteiger partial charge in [0.25, 0.3) is 5.91 Å². The maximum atomic E-state index is 12.1. The predicted octanol–water partition coefficient (Wildman–Crippen LogP) is 3.24. The van der Waals surface area contributed by atoms with E-state index in [1.807, 2.05) is 12.2 Å². The molecule has 5 heteroatoms. The van der Waals surface area contributed by atoms with E-state index >= 15 is 0 Å². The van der Waals surface area contributed by atoms with E-state index in [4.69, 9.17) is 4.74 Å². The number of thioether (sulfide) groups is 1. The van der Waals surface area contributed by atoms with Crippen molar-refractivity contribution < 1.29 is 9.53 Å². The van der Waals surface area contributed by atoms with Crippen LogP contribution in [-0.4, -0.2) is 42.3 Å². The molecule has 2 aliphatic heterocycles. The number of benzene rings is 1. The normalized spacial score (nSPS) is 21.0. The number of rotatable bonds is 2. The van der Waals surface area contributed by atoms with Crippen molar-refractivity contribution in [3.05, 3.63) is 52.4 Å². The van der Waals surface area contributed by atoms with Gasteiger partial charge in [-0.05, 0) is 42.8 Å². The van der Waals surface area contributed by atoms with E-state index in [0.717, 1.165) is 29.4 Å². The average molecular weight is 328 g/mol. The van der Waals surface area contributed by atoms with Gasteiger partial charge < -0.3 is 9.64 Å². The minimum absolute atomic E-state index is 0.149. The summed E-state index contributed by atoms with van der Waals surface area (Å²) in [5.74, 6) is -0.149. The highest BCUT2D eigenvalue weighted by Gasteiger charge is 2.26. The van der Waals surface area contributed by atoms with Crippen LogP contribution in [0.4, 0.5) is 0 Å². The van der Waals surface area contributed by atoms with Crippen molar-refractivity contribution in [2.75, 3.05) is 26.3 Å². The van der Waals surface area contributed by atoms with Gasteiger partial charge in [0.15, 0.2) is 5.17 Å². The fourth-order valence-electron chi connectivity index (χ4n) is 2.42. The standard InChI is InChI=1S/C18H20N2O2S/c1-13-3-6-15(7-4-13)14(2)5-8-16-17(21)19-18(23-16)20-9-11-22-12-10-20/h3-8H,9-12H2,1-2H3. The van der Waals surface area contributed by atoms with Crippen LogP contribution in [-0.2, 0) is 9.53 Å². The topological polar surface area (TPSA) is 41.9 Å². The maximum absolute atomic E-state index is 12.1. The molecule has 120 valence electrons. The van der Waals surface area contributed by atoms with Crippen molar-refractivity contribution in [1.82, 2.24) is 4.90 Å². The molecule has 0 atom stereocenters. The number of nitrogens with zero attached hydrogens (tertiary/aromatic N) is 2.